The molecule has 0 radical (unpaired) electrons. The lowest BCUT2D eigenvalue weighted by Gasteiger charge is -2.32. The molecule has 0 aromatic carbocycles. The minimum Gasteiger partial charge on any atom is -0.393 e. The standard InChI is InChI=1S/C14H26N2OS/c1-5-16(9-10(2)12(15)18)13(17)11-7-6-8-14(11,3)4/h10-11H,5-9H2,1-4H3,(H2,15,18). The van der Waals surface area contributed by atoms with Crippen molar-refractivity contribution < 1.29 is 4.79 Å². The van der Waals surface area contributed by atoms with Gasteiger partial charge in [0.25, 0.3) is 0 Å². The van der Waals surface area contributed by atoms with E-state index in [0.717, 1.165) is 25.8 Å². The van der Waals surface area contributed by atoms with E-state index >= 15 is 0 Å². The van der Waals surface area contributed by atoms with Crippen molar-refractivity contribution in [1.29, 1.82) is 0 Å². The second kappa shape index (κ2) is 6.00. The van der Waals surface area contributed by atoms with Gasteiger partial charge in [0.05, 0.1) is 4.99 Å². The van der Waals surface area contributed by atoms with E-state index in [2.05, 4.69) is 13.8 Å². The number of nitrogens with two attached hydrogens (primary N) is 1. The predicted octanol–water partition coefficient (Wildman–Crippen LogP) is 2.58. The van der Waals surface area contributed by atoms with Gasteiger partial charge in [-0.3, -0.25) is 4.79 Å². The van der Waals surface area contributed by atoms with Gasteiger partial charge in [-0.15, -0.1) is 0 Å². The van der Waals surface area contributed by atoms with Crippen molar-refractivity contribution >= 4 is 23.1 Å². The van der Waals surface area contributed by atoms with E-state index < -0.39 is 0 Å². The first-order valence-electron chi connectivity index (χ1n) is 6.87. The Kier molecular flexibility index (Phi) is 5.14. The van der Waals surface area contributed by atoms with Crippen LogP contribution in [0.1, 0.15) is 47.0 Å². The maximum absolute atomic E-state index is 12.6. The summed E-state index contributed by atoms with van der Waals surface area (Å²) in [6.45, 7) is 9.79. The first kappa shape index (κ1) is 15.4. The lowest BCUT2D eigenvalue weighted by molar-refractivity contribution is -0.138. The highest BCUT2D eigenvalue weighted by Gasteiger charge is 2.41. The number of rotatable bonds is 5. The number of amides is 1. The second-order valence-corrected chi connectivity index (χ2v) is 6.59. The summed E-state index contributed by atoms with van der Waals surface area (Å²) in [7, 11) is 0. The average molecular weight is 270 g/mol. The Morgan fingerprint density at radius 3 is 2.56 bits per heavy atom. The largest absolute Gasteiger partial charge is 0.393 e. The molecule has 2 atom stereocenters. The van der Waals surface area contributed by atoms with Crippen molar-refractivity contribution in [2.24, 2.45) is 23.0 Å². The molecule has 1 amide bonds. The molecule has 18 heavy (non-hydrogen) atoms. The van der Waals surface area contributed by atoms with Gasteiger partial charge in [0.2, 0.25) is 5.91 Å². The molecule has 104 valence electrons. The van der Waals surface area contributed by atoms with Crippen LogP contribution in [-0.4, -0.2) is 28.9 Å². The fourth-order valence-corrected chi connectivity index (χ4v) is 2.87. The smallest absolute Gasteiger partial charge is 0.226 e. The number of nitrogens with zero attached hydrogens (tertiary/aromatic N) is 1. The SMILES string of the molecule is CCN(CC(C)C(N)=S)C(=O)C1CCCC1(C)C. The van der Waals surface area contributed by atoms with Crippen molar-refractivity contribution in [1.82, 2.24) is 4.90 Å². The normalized spacial score (nSPS) is 23.7. The molecule has 1 fully saturated rings. The van der Waals surface area contributed by atoms with Crippen LogP contribution in [0.3, 0.4) is 0 Å². The van der Waals surface area contributed by atoms with Crippen molar-refractivity contribution in [2.45, 2.75) is 47.0 Å². The van der Waals surface area contributed by atoms with Gasteiger partial charge in [0.1, 0.15) is 0 Å². The summed E-state index contributed by atoms with van der Waals surface area (Å²) in [4.78, 5) is 15.0. The van der Waals surface area contributed by atoms with E-state index in [4.69, 9.17) is 18.0 Å². The molecule has 3 nitrogen and oxygen atoms in total. The third-order valence-corrected chi connectivity index (χ3v) is 4.63. The van der Waals surface area contributed by atoms with E-state index in [1.807, 2.05) is 18.7 Å². The van der Waals surface area contributed by atoms with Crippen LogP contribution in [0.2, 0.25) is 0 Å². The number of carbonyl (C=O) groups is 1. The maximum atomic E-state index is 12.6. The molecular weight excluding hydrogens is 244 g/mol. The number of carbonyl (C=O) groups excluding carboxylic acids is 1. The Labute approximate surface area is 116 Å². The molecule has 1 aliphatic rings. The van der Waals surface area contributed by atoms with Crippen LogP contribution < -0.4 is 5.73 Å². The molecule has 1 rings (SSSR count). The summed E-state index contributed by atoms with van der Waals surface area (Å²) in [5, 5.41) is 0. The predicted molar refractivity (Wildman–Crippen MR) is 79.3 cm³/mol. The molecule has 0 aromatic heterocycles. The van der Waals surface area contributed by atoms with Crippen LogP contribution in [-0.2, 0) is 4.79 Å². The molecule has 0 heterocycles. The number of hydrogen-bond acceptors (Lipinski definition) is 2. The second-order valence-electron chi connectivity index (χ2n) is 6.11. The highest BCUT2D eigenvalue weighted by Crippen LogP contribution is 2.43. The summed E-state index contributed by atoms with van der Waals surface area (Å²) < 4.78 is 0. The Morgan fingerprint density at radius 2 is 2.17 bits per heavy atom. The van der Waals surface area contributed by atoms with E-state index in [-0.39, 0.29) is 23.2 Å². The van der Waals surface area contributed by atoms with E-state index in [0.29, 0.717) is 11.5 Å². The fraction of sp³-hybridized carbons (Fsp3) is 0.857. The molecule has 0 saturated heterocycles. The van der Waals surface area contributed by atoms with Crippen LogP contribution >= 0.6 is 12.2 Å². The highest BCUT2D eigenvalue weighted by molar-refractivity contribution is 7.80. The van der Waals surface area contributed by atoms with Gasteiger partial charge in [-0.1, -0.05) is 39.4 Å². The van der Waals surface area contributed by atoms with Crippen molar-refractivity contribution in [2.75, 3.05) is 13.1 Å². The number of thiocarbonyl (C=S) groups is 1. The lowest BCUT2D eigenvalue weighted by atomic mass is 9.81. The number of hydrogen-bond donors (Lipinski definition) is 1. The minimum absolute atomic E-state index is 0.0911. The van der Waals surface area contributed by atoms with Gasteiger partial charge in [-0.25, -0.2) is 0 Å². The molecule has 0 bridgehead atoms. The van der Waals surface area contributed by atoms with Crippen LogP contribution in [0.15, 0.2) is 0 Å². The quantitative estimate of drug-likeness (QED) is 0.781. The summed E-state index contributed by atoms with van der Waals surface area (Å²) in [6.07, 6.45) is 3.32. The van der Waals surface area contributed by atoms with Crippen molar-refractivity contribution in [3.8, 4) is 0 Å². The lowest BCUT2D eigenvalue weighted by Crippen LogP contribution is -2.43. The third-order valence-electron chi connectivity index (χ3n) is 4.23. The molecule has 1 saturated carbocycles. The van der Waals surface area contributed by atoms with E-state index in [1.165, 1.54) is 0 Å². The van der Waals surface area contributed by atoms with Gasteiger partial charge < -0.3 is 10.6 Å². The zero-order valence-corrected chi connectivity index (χ0v) is 12.8. The van der Waals surface area contributed by atoms with Gasteiger partial charge in [-0.2, -0.15) is 0 Å². The van der Waals surface area contributed by atoms with Gasteiger partial charge in [-0.05, 0) is 25.2 Å². The van der Waals surface area contributed by atoms with Crippen LogP contribution in [0.4, 0.5) is 0 Å². The third kappa shape index (κ3) is 3.44. The Bertz CT molecular complexity index is 328. The fourth-order valence-electron chi connectivity index (χ4n) is 2.80. The Morgan fingerprint density at radius 1 is 1.56 bits per heavy atom. The Balaban J connectivity index is 2.71. The molecule has 4 heteroatoms. The molecule has 0 aromatic rings. The molecule has 2 N–H and O–H groups in total. The zero-order valence-electron chi connectivity index (χ0n) is 12.0. The molecule has 1 aliphatic carbocycles. The topological polar surface area (TPSA) is 46.3 Å². The average Bonchev–Trinajstić information content (AvgIpc) is 2.64. The van der Waals surface area contributed by atoms with Crippen LogP contribution in [0.25, 0.3) is 0 Å². The van der Waals surface area contributed by atoms with Crippen LogP contribution in [0.5, 0.6) is 0 Å². The molecular formula is C14H26N2OS. The summed E-state index contributed by atoms with van der Waals surface area (Å²) in [5.74, 6) is 0.535. The van der Waals surface area contributed by atoms with Crippen molar-refractivity contribution in [3.05, 3.63) is 0 Å². The maximum Gasteiger partial charge on any atom is 0.226 e. The van der Waals surface area contributed by atoms with Gasteiger partial charge in [0, 0.05) is 24.9 Å². The monoisotopic (exact) mass is 270 g/mol. The zero-order chi connectivity index (χ0) is 13.9. The summed E-state index contributed by atoms with van der Waals surface area (Å²) >= 11 is 4.99. The summed E-state index contributed by atoms with van der Waals surface area (Å²) in [6, 6.07) is 0. The van der Waals surface area contributed by atoms with Crippen LogP contribution in [0, 0.1) is 17.3 Å². The first-order valence-corrected chi connectivity index (χ1v) is 7.28. The van der Waals surface area contributed by atoms with E-state index in [1.54, 1.807) is 0 Å². The van der Waals surface area contributed by atoms with Crippen molar-refractivity contribution in [3.63, 3.8) is 0 Å². The minimum atomic E-state index is 0.0911. The van der Waals surface area contributed by atoms with E-state index in [9.17, 15) is 4.79 Å². The summed E-state index contributed by atoms with van der Waals surface area (Å²) in [5.41, 5.74) is 5.78. The highest BCUT2D eigenvalue weighted by atomic mass is 32.1. The van der Waals surface area contributed by atoms with Gasteiger partial charge in [0.15, 0.2) is 0 Å². The molecule has 2 unspecified atom stereocenters. The molecule has 0 spiro atoms. The first-order chi connectivity index (χ1) is 8.29. The Hall–Kier alpha value is -0.640. The van der Waals surface area contributed by atoms with Gasteiger partial charge >= 0.3 is 0 Å². The molecule has 0 aliphatic heterocycles.